The van der Waals surface area contributed by atoms with Crippen LogP contribution >= 0.6 is 0 Å². The fraction of sp³-hybridized carbons (Fsp3) is 0.400. The van der Waals surface area contributed by atoms with Gasteiger partial charge >= 0.3 is 0 Å². The molecule has 1 aromatic heterocycles. The van der Waals surface area contributed by atoms with Crippen molar-refractivity contribution in [2.75, 3.05) is 12.8 Å². The zero-order valence-electron chi connectivity index (χ0n) is 11.1. The average Bonchev–Trinajstić information content (AvgIpc) is 2.75. The average molecular weight is 258 g/mol. The van der Waals surface area contributed by atoms with Crippen molar-refractivity contribution < 1.29 is 9.26 Å². The molecule has 1 heterocycles. The van der Waals surface area contributed by atoms with Crippen molar-refractivity contribution in [3.05, 3.63) is 30.0 Å². The molecule has 0 amide bonds. The van der Waals surface area contributed by atoms with Crippen molar-refractivity contribution in [3.63, 3.8) is 0 Å². The zero-order chi connectivity index (χ0) is 13.2. The molecule has 100 valence electrons. The number of hydrogen-bond acceptors (Lipinski definition) is 4. The van der Waals surface area contributed by atoms with E-state index in [0.29, 0.717) is 5.82 Å². The monoisotopic (exact) mass is 258 g/mol. The van der Waals surface area contributed by atoms with Gasteiger partial charge in [0, 0.05) is 6.42 Å². The SMILES string of the molecule is COc1ccc(-c2c(N)noc2CC2CCC2)cc1. The predicted molar refractivity (Wildman–Crippen MR) is 73.9 cm³/mol. The van der Waals surface area contributed by atoms with Gasteiger partial charge in [0.15, 0.2) is 5.82 Å². The fourth-order valence-corrected chi connectivity index (χ4v) is 2.50. The Bertz CT molecular complexity index is 556. The van der Waals surface area contributed by atoms with Gasteiger partial charge in [-0.05, 0) is 23.6 Å². The minimum atomic E-state index is 0.472. The van der Waals surface area contributed by atoms with Gasteiger partial charge in [0.1, 0.15) is 11.5 Å². The van der Waals surface area contributed by atoms with Gasteiger partial charge in [0.2, 0.25) is 0 Å². The molecule has 4 nitrogen and oxygen atoms in total. The highest BCUT2D eigenvalue weighted by Gasteiger charge is 2.23. The number of anilines is 1. The molecule has 1 aliphatic carbocycles. The van der Waals surface area contributed by atoms with Crippen LogP contribution < -0.4 is 10.5 Å². The van der Waals surface area contributed by atoms with Crippen LogP contribution in [0.3, 0.4) is 0 Å². The zero-order valence-corrected chi connectivity index (χ0v) is 11.1. The van der Waals surface area contributed by atoms with Crippen LogP contribution in [0.5, 0.6) is 5.75 Å². The summed E-state index contributed by atoms with van der Waals surface area (Å²) in [6.45, 7) is 0. The second-order valence-corrected chi connectivity index (χ2v) is 5.10. The Balaban J connectivity index is 1.90. The van der Waals surface area contributed by atoms with E-state index in [9.17, 15) is 0 Å². The largest absolute Gasteiger partial charge is 0.497 e. The molecule has 0 saturated heterocycles. The van der Waals surface area contributed by atoms with Crippen LogP contribution in [0.1, 0.15) is 25.0 Å². The molecule has 1 aliphatic rings. The van der Waals surface area contributed by atoms with Gasteiger partial charge in [-0.2, -0.15) is 0 Å². The summed E-state index contributed by atoms with van der Waals surface area (Å²) in [5.41, 5.74) is 7.92. The third-order valence-corrected chi connectivity index (χ3v) is 3.87. The summed E-state index contributed by atoms with van der Waals surface area (Å²) in [6, 6.07) is 7.84. The molecule has 1 fully saturated rings. The summed E-state index contributed by atoms with van der Waals surface area (Å²) in [7, 11) is 1.66. The number of aromatic nitrogens is 1. The second kappa shape index (κ2) is 4.96. The van der Waals surface area contributed by atoms with Crippen LogP contribution in [-0.4, -0.2) is 12.3 Å². The van der Waals surface area contributed by atoms with Crippen molar-refractivity contribution in [1.29, 1.82) is 0 Å². The standard InChI is InChI=1S/C15H18N2O2/c1-18-12-7-5-11(6-8-12)14-13(19-17-15(14)16)9-10-3-2-4-10/h5-8,10H,2-4,9H2,1H3,(H2,16,17). The first-order chi connectivity index (χ1) is 9.28. The lowest BCUT2D eigenvalue weighted by Crippen LogP contribution is -2.13. The smallest absolute Gasteiger partial charge is 0.175 e. The Hall–Kier alpha value is -1.97. The van der Waals surface area contributed by atoms with Crippen molar-refractivity contribution in [2.45, 2.75) is 25.7 Å². The van der Waals surface area contributed by atoms with E-state index in [-0.39, 0.29) is 0 Å². The van der Waals surface area contributed by atoms with Gasteiger partial charge < -0.3 is 15.0 Å². The maximum Gasteiger partial charge on any atom is 0.175 e. The topological polar surface area (TPSA) is 61.3 Å². The normalized spacial score (nSPS) is 15.2. The number of ether oxygens (including phenoxy) is 1. The number of hydrogen-bond donors (Lipinski definition) is 1. The van der Waals surface area contributed by atoms with E-state index in [4.69, 9.17) is 15.0 Å². The lowest BCUT2D eigenvalue weighted by molar-refractivity contribution is 0.279. The number of benzene rings is 1. The molecular formula is C15H18N2O2. The molecular weight excluding hydrogens is 240 g/mol. The number of rotatable bonds is 4. The number of methoxy groups -OCH3 is 1. The molecule has 0 aliphatic heterocycles. The molecule has 1 aromatic carbocycles. The molecule has 2 aromatic rings. The van der Waals surface area contributed by atoms with Gasteiger partial charge in [-0.15, -0.1) is 0 Å². The van der Waals surface area contributed by atoms with Crippen LogP contribution in [-0.2, 0) is 6.42 Å². The van der Waals surface area contributed by atoms with Gasteiger partial charge in [-0.1, -0.05) is 36.6 Å². The van der Waals surface area contributed by atoms with Crippen LogP contribution in [0.25, 0.3) is 11.1 Å². The summed E-state index contributed by atoms with van der Waals surface area (Å²) in [6.07, 6.45) is 4.82. The first-order valence-corrected chi connectivity index (χ1v) is 6.66. The minimum Gasteiger partial charge on any atom is -0.497 e. The highest BCUT2D eigenvalue weighted by atomic mass is 16.5. The lowest BCUT2D eigenvalue weighted by atomic mass is 9.81. The van der Waals surface area contributed by atoms with Gasteiger partial charge in [-0.25, -0.2) is 0 Å². The van der Waals surface area contributed by atoms with E-state index in [1.165, 1.54) is 19.3 Å². The summed E-state index contributed by atoms with van der Waals surface area (Å²) < 4.78 is 10.6. The number of nitrogens with two attached hydrogens (primary N) is 1. The summed E-state index contributed by atoms with van der Waals surface area (Å²) in [5, 5.41) is 3.92. The third-order valence-electron chi connectivity index (χ3n) is 3.87. The Morgan fingerprint density at radius 1 is 1.32 bits per heavy atom. The Morgan fingerprint density at radius 3 is 2.63 bits per heavy atom. The van der Waals surface area contributed by atoms with Crippen LogP contribution in [0, 0.1) is 5.92 Å². The molecule has 2 N–H and O–H groups in total. The van der Waals surface area contributed by atoms with Crippen molar-refractivity contribution in [3.8, 4) is 16.9 Å². The maximum absolute atomic E-state index is 5.94. The molecule has 4 heteroatoms. The Morgan fingerprint density at radius 2 is 2.05 bits per heavy atom. The fourth-order valence-electron chi connectivity index (χ4n) is 2.50. The van der Waals surface area contributed by atoms with Crippen LogP contribution in [0.2, 0.25) is 0 Å². The molecule has 19 heavy (non-hydrogen) atoms. The quantitative estimate of drug-likeness (QED) is 0.914. The Labute approximate surface area is 112 Å². The van der Waals surface area contributed by atoms with E-state index >= 15 is 0 Å². The molecule has 1 saturated carbocycles. The molecule has 0 unspecified atom stereocenters. The third kappa shape index (κ3) is 2.30. The predicted octanol–water partition coefficient (Wildman–Crippen LogP) is 3.28. The first kappa shape index (κ1) is 12.1. The summed E-state index contributed by atoms with van der Waals surface area (Å²) in [5.74, 6) is 2.94. The van der Waals surface area contributed by atoms with Gasteiger partial charge in [0.25, 0.3) is 0 Å². The van der Waals surface area contributed by atoms with E-state index in [1.807, 2.05) is 24.3 Å². The molecule has 0 radical (unpaired) electrons. The maximum atomic E-state index is 5.94. The highest BCUT2D eigenvalue weighted by Crippen LogP contribution is 2.36. The molecule has 3 rings (SSSR count). The van der Waals surface area contributed by atoms with Crippen molar-refractivity contribution in [2.24, 2.45) is 5.92 Å². The Kier molecular flexibility index (Phi) is 3.15. The van der Waals surface area contributed by atoms with E-state index in [0.717, 1.165) is 35.0 Å². The van der Waals surface area contributed by atoms with Gasteiger partial charge in [-0.3, -0.25) is 0 Å². The molecule has 0 spiro atoms. The van der Waals surface area contributed by atoms with Crippen LogP contribution in [0.15, 0.2) is 28.8 Å². The molecule has 0 atom stereocenters. The van der Waals surface area contributed by atoms with Crippen molar-refractivity contribution >= 4 is 5.82 Å². The first-order valence-electron chi connectivity index (χ1n) is 6.66. The van der Waals surface area contributed by atoms with E-state index in [2.05, 4.69) is 5.16 Å². The lowest BCUT2D eigenvalue weighted by Gasteiger charge is -2.24. The van der Waals surface area contributed by atoms with E-state index in [1.54, 1.807) is 7.11 Å². The summed E-state index contributed by atoms with van der Waals surface area (Å²) >= 11 is 0. The van der Waals surface area contributed by atoms with Crippen molar-refractivity contribution in [1.82, 2.24) is 5.16 Å². The van der Waals surface area contributed by atoms with Crippen LogP contribution in [0.4, 0.5) is 5.82 Å². The van der Waals surface area contributed by atoms with E-state index < -0.39 is 0 Å². The second-order valence-electron chi connectivity index (χ2n) is 5.10. The number of nitrogens with zero attached hydrogens (tertiary/aromatic N) is 1. The molecule has 0 bridgehead atoms. The van der Waals surface area contributed by atoms with Gasteiger partial charge in [0.05, 0.1) is 12.7 Å². The minimum absolute atomic E-state index is 0.472. The number of nitrogen functional groups attached to an aromatic ring is 1. The highest BCUT2D eigenvalue weighted by molar-refractivity contribution is 5.75. The summed E-state index contributed by atoms with van der Waals surface area (Å²) in [4.78, 5) is 0.